The minimum Gasteiger partial charge on any atom is -0.421 e. The third kappa shape index (κ3) is 3.22. The van der Waals surface area contributed by atoms with Gasteiger partial charge in [0.2, 0.25) is 11.8 Å². The molecule has 0 fully saturated rings. The van der Waals surface area contributed by atoms with Gasteiger partial charge in [-0.15, -0.1) is 10.2 Å². The van der Waals surface area contributed by atoms with Gasteiger partial charge in [0.25, 0.3) is 0 Å². The predicted octanol–water partition coefficient (Wildman–Crippen LogP) is 3.20. The molecule has 1 aromatic heterocycles. The van der Waals surface area contributed by atoms with E-state index in [0.29, 0.717) is 33.8 Å². The average molecular weight is 286 g/mol. The molecule has 2 rings (SSSR count). The number of nitrogens with zero attached hydrogens (tertiary/aromatic N) is 2. The van der Waals surface area contributed by atoms with Crippen LogP contribution in [-0.2, 0) is 6.42 Å². The number of hydrogen-bond acceptors (Lipinski definition) is 4. The standard InChI is InChI=1S/C12H13Cl2N3O/c1-2-15-6-5-11-16-17-12(18-11)9-4-3-8(13)7-10(9)14/h3-4,7,15H,2,5-6H2,1H3. The van der Waals surface area contributed by atoms with Crippen molar-refractivity contribution in [3.63, 3.8) is 0 Å². The maximum atomic E-state index is 6.08. The summed E-state index contributed by atoms with van der Waals surface area (Å²) in [7, 11) is 0. The first-order valence-electron chi connectivity index (χ1n) is 5.69. The number of nitrogens with one attached hydrogen (secondary N) is 1. The number of likely N-dealkylation sites (N-methyl/N-ethyl adjacent to an activating group) is 1. The minimum atomic E-state index is 0.420. The lowest BCUT2D eigenvalue weighted by atomic mass is 10.2. The van der Waals surface area contributed by atoms with E-state index in [2.05, 4.69) is 15.5 Å². The molecule has 0 spiro atoms. The molecule has 0 amide bonds. The van der Waals surface area contributed by atoms with Crippen LogP contribution >= 0.6 is 23.2 Å². The molecule has 1 N–H and O–H groups in total. The molecule has 6 heteroatoms. The van der Waals surface area contributed by atoms with Crippen LogP contribution < -0.4 is 5.32 Å². The topological polar surface area (TPSA) is 51.0 Å². The molecule has 0 aliphatic carbocycles. The number of aromatic nitrogens is 2. The third-order valence-electron chi connectivity index (χ3n) is 2.39. The Labute approximate surface area is 115 Å². The highest BCUT2D eigenvalue weighted by atomic mass is 35.5. The largest absolute Gasteiger partial charge is 0.421 e. The van der Waals surface area contributed by atoms with Crippen molar-refractivity contribution >= 4 is 23.2 Å². The summed E-state index contributed by atoms with van der Waals surface area (Å²) < 4.78 is 5.55. The van der Waals surface area contributed by atoms with Crippen molar-refractivity contribution in [2.24, 2.45) is 0 Å². The summed E-state index contributed by atoms with van der Waals surface area (Å²) in [5.74, 6) is 1.01. The Balaban J connectivity index is 2.13. The van der Waals surface area contributed by atoms with Gasteiger partial charge in [0.15, 0.2) is 0 Å². The van der Waals surface area contributed by atoms with E-state index in [-0.39, 0.29) is 0 Å². The molecule has 0 unspecified atom stereocenters. The van der Waals surface area contributed by atoms with Crippen molar-refractivity contribution in [2.45, 2.75) is 13.3 Å². The second kappa shape index (κ2) is 6.18. The van der Waals surface area contributed by atoms with Crippen LogP contribution in [0.4, 0.5) is 0 Å². The van der Waals surface area contributed by atoms with Crippen LogP contribution in [0.3, 0.4) is 0 Å². The quantitative estimate of drug-likeness (QED) is 0.858. The molecule has 1 heterocycles. The van der Waals surface area contributed by atoms with Gasteiger partial charge in [0.1, 0.15) is 0 Å². The molecule has 0 saturated carbocycles. The molecule has 0 aliphatic heterocycles. The summed E-state index contributed by atoms with van der Waals surface area (Å²) in [6.07, 6.45) is 0.700. The summed E-state index contributed by atoms with van der Waals surface area (Å²) in [5.41, 5.74) is 0.697. The fourth-order valence-electron chi connectivity index (χ4n) is 1.50. The fraction of sp³-hybridized carbons (Fsp3) is 0.333. The van der Waals surface area contributed by atoms with E-state index in [0.717, 1.165) is 13.1 Å². The zero-order valence-corrected chi connectivity index (χ0v) is 11.4. The molecule has 0 radical (unpaired) electrons. The van der Waals surface area contributed by atoms with Gasteiger partial charge in [-0.2, -0.15) is 0 Å². The zero-order valence-electron chi connectivity index (χ0n) is 9.91. The monoisotopic (exact) mass is 285 g/mol. The molecule has 0 aliphatic rings. The van der Waals surface area contributed by atoms with E-state index >= 15 is 0 Å². The summed E-state index contributed by atoms with van der Waals surface area (Å²) in [5, 5.41) is 12.2. The molecule has 96 valence electrons. The Bertz CT molecular complexity index is 528. The molecule has 18 heavy (non-hydrogen) atoms. The highest BCUT2D eigenvalue weighted by Crippen LogP contribution is 2.29. The maximum Gasteiger partial charge on any atom is 0.249 e. The first-order valence-corrected chi connectivity index (χ1v) is 6.45. The van der Waals surface area contributed by atoms with Gasteiger partial charge in [-0.3, -0.25) is 0 Å². The highest BCUT2D eigenvalue weighted by molar-refractivity contribution is 6.36. The minimum absolute atomic E-state index is 0.420. The summed E-state index contributed by atoms with van der Waals surface area (Å²) in [4.78, 5) is 0. The van der Waals surface area contributed by atoms with Crippen LogP contribution in [0.2, 0.25) is 10.0 Å². The molecular weight excluding hydrogens is 273 g/mol. The van der Waals surface area contributed by atoms with E-state index in [4.69, 9.17) is 27.6 Å². The number of benzene rings is 1. The molecule has 4 nitrogen and oxygen atoms in total. The summed E-state index contributed by atoms with van der Waals surface area (Å²) in [6.45, 7) is 3.78. The van der Waals surface area contributed by atoms with E-state index in [1.165, 1.54) is 0 Å². The number of rotatable bonds is 5. The second-order valence-corrected chi connectivity index (χ2v) is 4.57. The third-order valence-corrected chi connectivity index (χ3v) is 2.94. The SMILES string of the molecule is CCNCCc1nnc(-c2ccc(Cl)cc2Cl)o1. The van der Waals surface area contributed by atoms with Gasteiger partial charge in [0, 0.05) is 18.0 Å². The van der Waals surface area contributed by atoms with Gasteiger partial charge >= 0.3 is 0 Å². The Kier molecular flexibility index (Phi) is 4.58. The first kappa shape index (κ1) is 13.3. The number of halogens is 2. The Morgan fingerprint density at radius 1 is 1.28 bits per heavy atom. The Morgan fingerprint density at radius 2 is 2.11 bits per heavy atom. The molecule has 1 aromatic carbocycles. The smallest absolute Gasteiger partial charge is 0.249 e. The van der Waals surface area contributed by atoms with E-state index in [1.54, 1.807) is 18.2 Å². The predicted molar refractivity (Wildman–Crippen MR) is 72.0 cm³/mol. The molecule has 0 bridgehead atoms. The van der Waals surface area contributed by atoms with Crippen LogP contribution in [0, 0.1) is 0 Å². The summed E-state index contributed by atoms with van der Waals surface area (Å²) >= 11 is 11.9. The van der Waals surface area contributed by atoms with Crippen molar-refractivity contribution in [1.29, 1.82) is 0 Å². The van der Waals surface area contributed by atoms with Crippen LogP contribution in [0.25, 0.3) is 11.5 Å². The van der Waals surface area contributed by atoms with Crippen LogP contribution in [0.1, 0.15) is 12.8 Å². The van der Waals surface area contributed by atoms with Crippen molar-refractivity contribution in [3.05, 3.63) is 34.1 Å². The van der Waals surface area contributed by atoms with Gasteiger partial charge in [-0.25, -0.2) is 0 Å². The normalized spacial score (nSPS) is 10.8. The molecule has 0 saturated heterocycles. The van der Waals surface area contributed by atoms with Crippen molar-refractivity contribution < 1.29 is 4.42 Å². The second-order valence-electron chi connectivity index (χ2n) is 3.73. The van der Waals surface area contributed by atoms with Gasteiger partial charge in [-0.05, 0) is 24.7 Å². The highest BCUT2D eigenvalue weighted by Gasteiger charge is 2.11. The number of hydrogen-bond donors (Lipinski definition) is 1. The lowest BCUT2D eigenvalue weighted by molar-refractivity contribution is 0.496. The first-order chi connectivity index (χ1) is 8.70. The van der Waals surface area contributed by atoms with Gasteiger partial charge < -0.3 is 9.73 Å². The van der Waals surface area contributed by atoms with E-state index in [9.17, 15) is 0 Å². The maximum absolute atomic E-state index is 6.08. The average Bonchev–Trinajstić information content (AvgIpc) is 2.78. The Morgan fingerprint density at radius 3 is 2.83 bits per heavy atom. The van der Waals surface area contributed by atoms with Gasteiger partial charge in [0.05, 0.1) is 10.6 Å². The van der Waals surface area contributed by atoms with Crippen molar-refractivity contribution in [2.75, 3.05) is 13.1 Å². The Hall–Kier alpha value is -1.10. The van der Waals surface area contributed by atoms with E-state index in [1.807, 2.05) is 6.92 Å². The lowest BCUT2D eigenvalue weighted by Crippen LogP contribution is -2.16. The van der Waals surface area contributed by atoms with Crippen LogP contribution in [0.5, 0.6) is 0 Å². The lowest BCUT2D eigenvalue weighted by Gasteiger charge is -1.99. The van der Waals surface area contributed by atoms with E-state index < -0.39 is 0 Å². The fourth-order valence-corrected chi connectivity index (χ4v) is 1.99. The summed E-state index contributed by atoms with van der Waals surface area (Å²) in [6, 6.07) is 5.17. The van der Waals surface area contributed by atoms with Crippen molar-refractivity contribution in [3.8, 4) is 11.5 Å². The van der Waals surface area contributed by atoms with Crippen LogP contribution in [-0.4, -0.2) is 23.3 Å². The van der Waals surface area contributed by atoms with Gasteiger partial charge in [-0.1, -0.05) is 30.1 Å². The molecule has 0 atom stereocenters. The van der Waals surface area contributed by atoms with Crippen LogP contribution in [0.15, 0.2) is 22.6 Å². The zero-order chi connectivity index (χ0) is 13.0. The van der Waals surface area contributed by atoms with Crippen molar-refractivity contribution in [1.82, 2.24) is 15.5 Å². The molecule has 2 aromatic rings. The molecular formula is C12H13Cl2N3O.